The van der Waals surface area contributed by atoms with Crippen LogP contribution in [0.4, 0.5) is 0 Å². The Morgan fingerprint density at radius 3 is 1.68 bits per heavy atom. The largest absolute Gasteiger partial charge is 0.478 e. The molecule has 2 N–H and O–H groups in total. The molecule has 0 heterocycles. The molecule has 0 aromatic heterocycles. The normalized spacial score (nSPS) is 10.8. The van der Waals surface area contributed by atoms with Crippen molar-refractivity contribution in [1.29, 1.82) is 0 Å². The number of carboxylic acid groups (broad SMARTS) is 1. The van der Waals surface area contributed by atoms with Crippen LogP contribution in [-0.4, -0.2) is 17.0 Å². The average Bonchev–Trinajstić information content (AvgIpc) is 2.70. The predicted octanol–water partition coefficient (Wildman–Crippen LogP) is 6.48. The third kappa shape index (κ3) is 12.5. The number of hydrogen-bond donors (Lipinski definition) is 2. The molecule has 0 aliphatic heterocycles. The first kappa shape index (κ1) is 24.2. The van der Waals surface area contributed by atoms with Crippen LogP contribution in [0, 0.1) is 0 Å². The van der Waals surface area contributed by atoms with E-state index in [0.717, 1.165) is 18.4 Å². The molecule has 0 aliphatic carbocycles. The van der Waals surface area contributed by atoms with E-state index < -0.39 is 5.97 Å². The molecule has 0 fully saturated rings. The Hall–Kier alpha value is -1.84. The Bertz CT molecular complexity index is 539. The van der Waals surface area contributed by atoms with Crippen molar-refractivity contribution in [3.05, 3.63) is 35.4 Å². The molecule has 1 aromatic rings. The molecule has 0 aliphatic rings. The van der Waals surface area contributed by atoms with E-state index in [4.69, 9.17) is 5.11 Å². The second-order valence-corrected chi connectivity index (χ2v) is 7.77. The molecule has 0 bridgehead atoms. The summed E-state index contributed by atoms with van der Waals surface area (Å²) in [4.78, 5) is 22.7. The third-order valence-electron chi connectivity index (χ3n) is 5.20. The molecular formula is C24H39NO3. The van der Waals surface area contributed by atoms with Crippen molar-refractivity contribution >= 4 is 11.9 Å². The lowest BCUT2D eigenvalue weighted by atomic mass is 10.0. The van der Waals surface area contributed by atoms with Crippen LogP contribution in [0.25, 0.3) is 0 Å². The number of unbranched alkanes of at least 4 members (excludes halogenated alkanes) is 12. The molecule has 0 unspecified atom stereocenters. The van der Waals surface area contributed by atoms with Gasteiger partial charge in [0.1, 0.15) is 0 Å². The van der Waals surface area contributed by atoms with E-state index in [-0.39, 0.29) is 11.5 Å². The van der Waals surface area contributed by atoms with Crippen LogP contribution in [-0.2, 0) is 11.3 Å². The first-order valence-electron chi connectivity index (χ1n) is 11.2. The highest BCUT2D eigenvalue weighted by molar-refractivity contribution is 5.87. The van der Waals surface area contributed by atoms with E-state index >= 15 is 0 Å². The van der Waals surface area contributed by atoms with Crippen LogP contribution in [0.15, 0.2) is 24.3 Å². The quantitative estimate of drug-likeness (QED) is 0.300. The fourth-order valence-electron chi connectivity index (χ4n) is 3.36. The standard InChI is InChI=1S/C24H39NO3/c1-2-3-4-5-6-7-8-9-10-11-12-13-14-15-23(26)25-20-21-16-18-22(19-17-21)24(27)28/h16-19H,2-15,20H2,1H3,(H,25,26)(H,27,28). The number of carbonyl (C=O) groups is 2. The molecule has 4 nitrogen and oxygen atoms in total. The van der Waals surface area contributed by atoms with Crippen molar-refractivity contribution in [1.82, 2.24) is 5.32 Å². The Morgan fingerprint density at radius 2 is 1.21 bits per heavy atom. The number of nitrogens with one attached hydrogen (secondary N) is 1. The summed E-state index contributed by atoms with van der Waals surface area (Å²) < 4.78 is 0. The summed E-state index contributed by atoms with van der Waals surface area (Å²) in [5, 5.41) is 11.8. The molecule has 1 amide bonds. The van der Waals surface area contributed by atoms with Crippen molar-refractivity contribution in [2.24, 2.45) is 0 Å². The Labute approximate surface area is 171 Å². The lowest BCUT2D eigenvalue weighted by Gasteiger charge is -2.06. The highest BCUT2D eigenvalue weighted by Crippen LogP contribution is 2.13. The van der Waals surface area contributed by atoms with E-state index in [0.29, 0.717) is 13.0 Å². The van der Waals surface area contributed by atoms with Gasteiger partial charge < -0.3 is 10.4 Å². The fraction of sp³-hybridized carbons (Fsp3) is 0.667. The zero-order chi connectivity index (χ0) is 20.5. The smallest absolute Gasteiger partial charge is 0.335 e. The number of benzene rings is 1. The summed E-state index contributed by atoms with van der Waals surface area (Å²) >= 11 is 0. The van der Waals surface area contributed by atoms with Crippen molar-refractivity contribution < 1.29 is 14.7 Å². The van der Waals surface area contributed by atoms with Crippen LogP contribution in [0.1, 0.15) is 113 Å². The molecule has 0 saturated carbocycles. The molecule has 1 rings (SSSR count). The topological polar surface area (TPSA) is 66.4 Å². The molecule has 0 saturated heterocycles. The summed E-state index contributed by atoms with van der Waals surface area (Å²) in [6, 6.07) is 6.62. The molecule has 0 spiro atoms. The van der Waals surface area contributed by atoms with Gasteiger partial charge >= 0.3 is 5.97 Å². The number of rotatable bonds is 17. The van der Waals surface area contributed by atoms with Crippen LogP contribution in [0.3, 0.4) is 0 Å². The van der Waals surface area contributed by atoms with Crippen LogP contribution >= 0.6 is 0 Å². The molecule has 0 radical (unpaired) electrons. The Morgan fingerprint density at radius 1 is 0.750 bits per heavy atom. The zero-order valence-electron chi connectivity index (χ0n) is 17.7. The minimum atomic E-state index is -0.932. The summed E-state index contributed by atoms with van der Waals surface area (Å²) in [5.74, 6) is -0.858. The number of carbonyl (C=O) groups excluding carboxylic acids is 1. The lowest BCUT2D eigenvalue weighted by molar-refractivity contribution is -0.121. The summed E-state index contributed by atoms with van der Waals surface area (Å²) in [7, 11) is 0. The van der Waals surface area contributed by atoms with Crippen molar-refractivity contribution in [2.45, 2.75) is 103 Å². The fourth-order valence-corrected chi connectivity index (χ4v) is 3.36. The summed E-state index contributed by atoms with van der Waals surface area (Å²) in [6.07, 6.45) is 17.5. The monoisotopic (exact) mass is 389 g/mol. The molecular weight excluding hydrogens is 350 g/mol. The number of amides is 1. The maximum absolute atomic E-state index is 11.9. The maximum atomic E-state index is 11.9. The second kappa shape index (κ2) is 16.1. The van der Waals surface area contributed by atoms with Gasteiger partial charge in [0.05, 0.1) is 5.56 Å². The average molecular weight is 390 g/mol. The Kier molecular flexibility index (Phi) is 14.0. The minimum Gasteiger partial charge on any atom is -0.478 e. The maximum Gasteiger partial charge on any atom is 0.335 e. The second-order valence-electron chi connectivity index (χ2n) is 7.77. The van der Waals surface area contributed by atoms with Gasteiger partial charge in [-0.15, -0.1) is 0 Å². The first-order valence-corrected chi connectivity index (χ1v) is 11.2. The van der Waals surface area contributed by atoms with Crippen molar-refractivity contribution in [3.8, 4) is 0 Å². The third-order valence-corrected chi connectivity index (χ3v) is 5.20. The molecule has 158 valence electrons. The van der Waals surface area contributed by atoms with E-state index in [1.807, 2.05) is 0 Å². The zero-order valence-corrected chi connectivity index (χ0v) is 17.7. The molecule has 1 aromatic carbocycles. The van der Waals surface area contributed by atoms with Crippen molar-refractivity contribution in [3.63, 3.8) is 0 Å². The number of hydrogen-bond acceptors (Lipinski definition) is 2. The SMILES string of the molecule is CCCCCCCCCCCCCCCC(=O)NCc1ccc(C(=O)O)cc1. The van der Waals surface area contributed by atoms with Crippen LogP contribution < -0.4 is 5.32 Å². The Balaban J connectivity index is 1.90. The van der Waals surface area contributed by atoms with Gasteiger partial charge in [-0.3, -0.25) is 4.79 Å². The molecule has 0 atom stereocenters. The highest BCUT2D eigenvalue weighted by atomic mass is 16.4. The number of carboxylic acids is 1. The molecule has 4 heteroatoms. The van der Waals surface area contributed by atoms with Crippen LogP contribution in [0.5, 0.6) is 0 Å². The van der Waals surface area contributed by atoms with E-state index in [2.05, 4.69) is 12.2 Å². The van der Waals surface area contributed by atoms with E-state index in [1.54, 1.807) is 24.3 Å². The van der Waals surface area contributed by atoms with Crippen LogP contribution in [0.2, 0.25) is 0 Å². The van der Waals surface area contributed by atoms with Gasteiger partial charge in [-0.05, 0) is 24.1 Å². The van der Waals surface area contributed by atoms with E-state index in [1.165, 1.54) is 70.6 Å². The van der Waals surface area contributed by atoms with E-state index in [9.17, 15) is 9.59 Å². The van der Waals surface area contributed by atoms with Crippen molar-refractivity contribution in [2.75, 3.05) is 0 Å². The van der Waals surface area contributed by atoms with Gasteiger partial charge in [0.15, 0.2) is 0 Å². The first-order chi connectivity index (χ1) is 13.6. The highest BCUT2D eigenvalue weighted by Gasteiger charge is 2.04. The van der Waals surface area contributed by atoms with Gasteiger partial charge in [0.2, 0.25) is 5.91 Å². The predicted molar refractivity (Wildman–Crippen MR) is 116 cm³/mol. The minimum absolute atomic E-state index is 0.0744. The molecule has 28 heavy (non-hydrogen) atoms. The van der Waals surface area contributed by atoms with Gasteiger partial charge in [-0.1, -0.05) is 96.1 Å². The lowest BCUT2D eigenvalue weighted by Crippen LogP contribution is -2.22. The van der Waals surface area contributed by atoms with Gasteiger partial charge in [-0.25, -0.2) is 4.79 Å². The number of aromatic carboxylic acids is 1. The van der Waals surface area contributed by atoms with Gasteiger partial charge in [0, 0.05) is 13.0 Å². The van der Waals surface area contributed by atoms with Gasteiger partial charge in [-0.2, -0.15) is 0 Å². The van der Waals surface area contributed by atoms with Gasteiger partial charge in [0.25, 0.3) is 0 Å². The summed E-state index contributed by atoms with van der Waals surface area (Å²) in [5.41, 5.74) is 1.19. The summed E-state index contributed by atoms with van der Waals surface area (Å²) in [6.45, 7) is 2.72.